The third-order valence-corrected chi connectivity index (χ3v) is 0.179. The molecule has 0 bridgehead atoms. The van der Waals surface area contributed by atoms with E-state index in [2.05, 4.69) is 4.99 Å². The first kappa shape index (κ1) is 4.76. The molecule has 0 amide bonds. The van der Waals surface area contributed by atoms with Crippen LogP contribution in [0, 0.1) is 11.5 Å². The fraction of sp³-hybridized carbons (Fsp3) is 0. The molecule has 0 spiro atoms. The number of guanidine groups is 1. The standard InChI is InChI=1S/C2H4N4/c3-1-6-2(4)5/h(H4,4,5,6)/i1+1,2+1,3+1,4+1. The molecule has 0 heterocycles. The van der Waals surface area contributed by atoms with Crippen LogP contribution in [0.5, 0.6) is 0 Å². The van der Waals surface area contributed by atoms with Crippen molar-refractivity contribution in [2.45, 2.75) is 0 Å². The van der Waals surface area contributed by atoms with E-state index in [4.69, 9.17) is 16.7 Å². The van der Waals surface area contributed by atoms with E-state index in [1.54, 1.807) is 0 Å². The van der Waals surface area contributed by atoms with Crippen LogP contribution in [0.3, 0.4) is 0 Å². The largest absolute Gasteiger partial charge is 0.369 e. The minimum absolute atomic E-state index is 0.197. The van der Waals surface area contributed by atoms with E-state index in [1.807, 2.05) is 0 Å². The molecule has 0 aromatic heterocycles. The number of hydrogen-bond donors (Lipinski definition) is 2. The van der Waals surface area contributed by atoms with Crippen LogP contribution in [-0.2, 0) is 0 Å². The number of rotatable bonds is 0. The summed E-state index contributed by atoms with van der Waals surface area (Å²) >= 11 is 0. The molecule has 0 atom stereocenters. The molecule has 0 unspecified atom stereocenters. The van der Waals surface area contributed by atoms with E-state index in [9.17, 15) is 0 Å². The second-order valence-electron chi connectivity index (χ2n) is 0.637. The zero-order chi connectivity index (χ0) is 4.99. The van der Waals surface area contributed by atoms with Crippen LogP contribution in [0.1, 0.15) is 0 Å². The Morgan fingerprint density at radius 3 is 2.17 bits per heavy atom. The SMILES string of the molecule is N[13C]([15NH2])=N[13C]#[15N]. The van der Waals surface area contributed by atoms with Crippen LogP contribution in [-0.4, -0.2) is 5.96 Å². The molecule has 0 aromatic carbocycles. The van der Waals surface area contributed by atoms with Crippen molar-refractivity contribution in [3.8, 4) is 6.19 Å². The molecule has 0 radical (unpaired) electrons. The smallest absolute Gasteiger partial charge is 0.209 e. The minimum Gasteiger partial charge on any atom is -0.369 e. The Bertz CT molecular complexity index is 92.6. The minimum atomic E-state index is -0.197. The van der Waals surface area contributed by atoms with Crippen LogP contribution in [0.15, 0.2) is 4.99 Å². The van der Waals surface area contributed by atoms with Gasteiger partial charge in [-0.2, -0.15) is 5.26 Å². The number of aliphatic imine (C=N–C) groups is 1. The zero-order valence-corrected chi connectivity index (χ0v) is 3.05. The summed E-state index contributed by atoms with van der Waals surface area (Å²) in [4.78, 5) is 2.90. The summed E-state index contributed by atoms with van der Waals surface area (Å²) in [6.07, 6.45) is 1.41. The molecule has 32 valence electrons. The molecule has 4 nitrogen and oxygen atoms in total. The summed E-state index contributed by atoms with van der Waals surface area (Å²) in [6, 6.07) is 0. The van der Waals surface area contributed by atoms with Gasteiger partial charge in [0.25, 0.3) is 0 Å². The average Bonchev–Trinajstić information content (AvgIpc) is 1.35. The highest BCUT2D eigenvalue weighted by Crippen LogP contribution is 1.49. The topological polar surface area (TPSA) is 88.2 Å². The van der Waals surface area contributed by atoms with Crippen molar-refractivity contribution in [2.75, 3.05) is 0 Å². The van der Waals surface area contributed by atoms with Gasteiger partial charge >= 0.3 is 0 Å². The lowest BCUT2D eigenvalue weighted by atomic mass is 11.8. The quantitative estimate of drug-likeness (QED) is 0.127. The summed E-state index contributed by atoms with van der Waals surface area (Å²) in [6.45, 7) is 0. The van der Waals surface area contributed by atoms with Gasteiger partial charge in [-0.15, -0.1) is 4.99 Å². The third-order valence-electron chi connectivity index (χ3n) is 0.179. The van der Waals surface area contributed by atoms with Gasteiger partial charge in [-0.3, -0.25) is 0 Å². The van der Waals surface area contributed by atoms with Crippen LogP contribution in [0.25, 0.3) is 0 Å². The first-order valence-electron chi connectivity index (χ1n) is 1.25. The highest BCUT2D eigenvalue weighted by molar-refractivity contribution is 5.76. The lowest BCUT2D eigenvalue weighted by molar-refractivity contribution is 1.39. The van der Waals surface area contributed by atoms with E-state index in [0.717, 1.165) is 0 Å². The predicted molar refractivity (Wildman–Crippen MR) is 21.4 cm³/mol. The fourth-order valence-electron chi connectivity index (χ4n) is 0.0577. The van der Waals surface area contributed by atoms with Gasteiger partial charge in [0.05, 0.1) is 0 Å². The third kappa shape index (κ3) is 2.76. The highest BCUT2D eigenvalue weighted by atomic mass is 15.6. The number of nitrogens with two attached hydrogens (primary N) is 2. The molecular formula is C2H4N4. The average molecular weight is 88.1 g/mol. The van der Waals surface area contributed by atoms with Crippen LogP contribution in [0.4, 0.5) is 0 Å². The molecule has 6 heavy (non-hydrogen) atoms. The van der Waals surface area contributed by atoms with E-state index in [1.165, 1.54) is 6.19 Å². The normalized spacial score (nSPS) is 10.2. The lowest BCUT2D eigenvalue weighted by Crippen LogP contribution is -2.21. The summed E-state index contributed by atoms with van der Waals surface area (Å²) in [5, 5.41) is 7.64. The maximum Gasteiger partial charge on any atom is 0.209 e. The van der Waals surface area contributed by atoms with Gasteiger partial charge in [-0.1, -0.05) is 0 Å². The molecule has 0 saturated heterocycles. The van der Waals surface area contributed by atoms with E-state index < -0.39 is 0 Å². The lowest BCUT2D eigenvalue weighted by Gasteiger charge is -1.74. The maximum absolute atomic E-state index is 7.64. The summed E-state index contributed by atoms with van der Waals surface area (Å²) in [5.74, 6) is -0.197. The zero-order valence-electron chi connectivity index (χ0n) is 3.05. The van der Waals surface area contributed by atoms with Crippen LogP contribution >= 0.6 is 0 Å². The van der Waals surface area contributed by atoms with Crippen LogP contribution in [0.2, 0.25) is 0 Å². The van der Waals surface area contributed by atoms with Crippen LogP contribution < -0.4 is 11.5 Å². The number of nitriles is 1. The molecule has 4 N–H and O–H groups in total. The van der Waals surface area contributed by atoms with Crippen molar-refractivity contribution in [3.05, 3.63) is 0 Å². The Morgan fingerprint density at radius 2 is 2.17 bits per heavy atom. The Hall–Kier alpha value is -1.24. The van der Waals surface area contributed by atoms with Gasteiger partial charge < -0.3 is 11.5 Å². The Kier molecular flexibility index (Phi) is 1.61. The van der Waals surface area contributed by atoms with Crippen molar-refractivity contribution in [1.82, 2.24) is 0 Å². The second kappa shape index (κ2) is 2.03. The van der Waals surface area contributed by atoms with Crippen molar-refractivity contribution in [3.63, 3.8) is 0 Å². The molecule has 0 saturated carbocycles. The predicted octanol–water partition coefficient (Wildman–Crippen LogP) is -1.26. The van der Waals surface area contributed by atoms with Gasteiger partial charge in [0, 0.05) is 0 Å². The molecule has 0 aliphatic carbocycles. The Morgan fingerprint density at radius 1 is 1.67 bits per heavy atom. The second-order valence-corrected chi connectivity index (χ2v) is 0.637. The highest BCUT2D eigenvalue weighted by Gasteiger charge is 1.67. The summed E-state index contributed by atoms with van der Waals surface area (Å²) in [7, 11) is 0. The van der Waals surface area contributed by atoms with Gasteiger partial charge in [0.15, 0.2) is 0 Å². The fourth-order valence-corrected chi connectivity index (χ4v) is 0.0577. The van der Waals surface area contributed by atoms with E-state index in [-0.39, 0.29) is 5.96 Å². The molecule has 4 heteroatoms. The van der Waals surface area contributed by atoms with E-state index >= 15 is 0 Å². The van der Waals surface area contributed by atoms with Crippen molar-refractivity contribution < 1.29 is 0 Å². The van der Waals surface area contributed by atoms with Gasteiger partial charge in [0.2, 0.25) is 12.2 Å². The first-order chi connectivity index (χ1) is 2.77. The molecule has 0 rings (SSSR count). The van der Waals surface area contributed by atoms with Gasteiger partial charge in [0.1, 0.15) is 0 Å². The van der Waals surface area contributed by atoms with Crippen molar-refractivity contribution in [1.29, 1.82) is 5.26 Å². The monoisotopic (exact) mass is 88.0 g/mol. The summed E-state index contributed by atoms with van der Waals surface area (Å²) in [5.41, 5.74) is 9.42. The van der Waals surface area contributed by atoms with E-state index in [0.29, 0.717) is 0 Å². The summed E-state index contributed by atoms with van der Waals surface area (Å²) < 4.78 is 0. The van der Waals surface area contributed by atoms with Crippen molar-refractivity contribution in [2.24, 2.45) is 16.5 Å². The Labute approximate surface area is 35.1 Å². The first-order valence-corrected chi connectivity index (χ1v) is 1.25. The van der Waals surface area contributed by atoms with Gasteiger partial charge in [-0.05, 0) is 0 Å². The van der Waals surface area contributed by atoms with Crippen molar-refractivity contribution >= 4 is 5.96 Å². The molecule has 0 aliphatic heterocycles. The molecular weight excluding hydrogens is 84.0 g/mol. The molecule has 0 aromatic rings. The number of nitrogens with zero attached hydrogens (tertiary/aromatic N) is 2. The maximum atomic E-state index is 7.64. The van der Waals surface area contributed by atoms with Gasteiger partial charge in [-0.25, -0.2) is 0 Å². The molecule has 0 fully saturated rings. The number of hydrogen-bond acceptors (Lipinski definition) is 2. The molecule has 0 aliphatic rings. The Balaban J connectivity index is 3.51.